The molecule has 9 heteroatoms. The van der Waals surface area contributed by atoms with Gasteiger partial charge in [0, 0.05) is 25.9 Å². The molecular weight excluding hydrogens is 426 g/mol. The minimum absolute atomic E-state index is 0.162. The minimum atomic E-state index is -0.244. The quantitative estimate of drug-likeness (QED) is 0.341. The smallest absolute Gasteiger partial charge is 0.321 e. The molecule has 0 spiro atoms. The molecule has 0 aromatic carbocycles. The van der Waals surface area contributed by atoms with Crippen LogP contribution >= 0.6 is 0 Å². The normalized spacial score (nSPS) is 22.8. The fraction of sp³-hybridized carbons (Fsp3) is 0.833. The van der Waals surface area contributed by atoms with E-state index in [0.29, 0.717) is 38.1 Å². The Kier molecular flexibility index (Phi) is 13.4. The maximum absolute atomic E-state index is 6.39. The standard InChI is InChI=1S/C24H43N3O6/c1-6-9-12-30-17-19-23(32-14-11-8-3)22(31-13-10-7-2)18(16-33-19)25-20-15-21(28-4)27-24(26-20)29-5/h15,18-19,22-23H,6-14,16-17H2,1-5H3,(H,25,26,27)/t18-,19+,22+,23-/m0/s1. The van der Waals surface area contributed by atoms with Crippen molar-refractivity contribution in [3.8, 4) is 11.9 Å². The predicted octanol–water partition coefficient (Wildman–Crippen LogP) is 3.86. The van der Waals surface area contributed by atoms with Gasteiger partial charge in [0.25, 0.3) is 0 Å². The molecule has 1 aliphatic heterocycles. The third-order valence-electron chi connectivity index (χ3n) is 5.52. The molecule has 1 fully saturated rings. The van der Waals surface area contributed by atoms with Gasteiger partial charge in [0.2, 0.25) is 5.88 Å². The van der Waals surface area contributed by atoms with Crippen molar-refractivity contribution in [3.63, 3.8) is 0 Å². The van der Waals surface area contributed by atoms with Crippen molar-refractivity contribution in [1.82, 2.24) is 9.97 Å². The van der Waals surface area contributed by atoms with E-state index >= 15 is 0 Å². The molecule has 1 aliphatic rings. The second-order valence-electron chi connectivity index (χ2n) is 8.21. The minimum Gasteiger partial charge on any atom is -0.481 e. The number of nitrogens with zero attached hydrogens (tertiary/aromatic N) is 2. The average Bonchev–Trinajstić information content (AvgIpc) is 2.84. The molecule has 1 saturated heterocycles. The van der Waals surface area contributed by atoms with E-state index in [1.54, 1.807) is 13.2 Å². The van der Waals surface area contributed by atoms with E-state index in [1.807, 2.05) is 0 Å². The Morgan fingerprint density at radius 1 is 0.909 bits per heavy atom. The third-order valence-corrected chi connectivity index (χ3v) is 5.52. The van der Waals surface area contributed by atoms with E-state index in [9.17, 15) is 0 Å². The molecule has 0 aliphatic carbocycles. The first-order valence-electron chi connectivity index (χ1n) is 12.3. The molecule has 190 valence electrons. The summed E-state index contributed by atoms with van der Waals surface area (Å²) in [6, 6.07) is 1.80. The lowest BCUT2D eigenvalue weighted by atomic mass is 9.97. The zero-order chi connectivity index (χ0) is 23.9. The first-order chi connectivity index (χ1) is 16.2. The zero-order valence-corrected chi connectivity index (χ0v) is 21.0. The molecule has 4 atom stereocenters. The van der Waals surface area contributed by atoms with E-state index in [1.165, 1.54) is 7.11 Å². The van der Waals surface area contributed by atoms with Gasteiger partial charge >= 0.3 is 6.01 Å². The number of nitrogens with one attached hydrogen (secondary N) is 1. The van der Waals surface area contributed by atoms with Crippen molar-refractivity contribution in [2.24, 2.45) is 0 Å². The average molecular weight is 470 g/mol. The molecule has 0 radical (unpaired) electrons. The molecule has 33 heavy (non-hydrogen) atoms. The highest BCUT2D eigenvalue weighted by Gasteiger charge is 2.42. The van der Waals surface area contributed by atoms with Crippen molar-refractivity contribution in [2.75, 3.05) is 52.6 Å². The number of ether oxygens (including phenoxy) is 6. The Balaban J connectivity index is 2.19. The highest BCUT2D eigenvalue weighted by Crippen LogP contribution is 2.26. The zero-order valence-electron chi connectivity index (χ0n) is 21.0. The predicted molar refractivity (Wildman–Crippen MR) is 127 cm³/mol. The monoisotopic (exact) mass is 469 g/mol. The van der Waals surface area contributed by atoms with Gasteiger partial charge in [-0.25, -0.2) is 0 Å². The summed E-state index contributed by atoms with van der Waals surface area (Å²) < 4.78 is 35.4. The van der Waals surface area contributed by atoms with Gasteiger partial charge in [-0.1, -0.05) is 40.0 Å². The number of unbranched alkanes of at least 4 members (excludes halogenated alkanes) is 3. The largest absolute Gasteiger partial charge is 0.481 e. The summed E-state index contributed by atoms with van der Waals surface area (Å²) in [7, 11) is 3.09. The highest BCUT2D eigenvalue weighted by molar-refractivity contribution is 5.41. The Bertz CT molecular complexity index is 628. The van der Waals surface area contributed by atoms with E-state index in [4.69, 9.17) is 28.4 Å². The van der Waals surface area contributed by atoms with Crippen molar-refractivity contribution >= 4 is 5.82 Å². The van der Waals surface area contributed by atoms with Crippen molar-refractivity contribution < 1.29 is 28.4 Å². The fourth-order valence-corrected chi connectivity index (χ4v) is 3.57. The topological polar surface area (TPSA) is 93.2 Å². The lowest BCUT2D eigenvalue weighted by molar-refractivity contribution is -0.194. The Labute approximate surface area is 198 Å². The molecule has 2 heterocycles. The van der Waals surface area contributed by atoms with Gasteiger partial charge in [-0.2, -0.15) is 9.97 Å². The Morgan fingerprint density at radius 3 is 2.21 bits per heavy atom. The maximum Gasteiger partial charge on any atom is 0.321 e. The Hall–Kier alpha value is -1.68. The molecule has 1 aromatic rings. The van der Waals surface area contributed by atoms with E-state index in [0.717, 1.165) is 45.1 Å². The van der Waals surface area contributed by atoms with Crippen LogP contribution < -0.4 is 14.8 Å². The Morgan fingerprint density at radius 2 is 1.58 bits per heavy atom. The molecule has 9 nitrogen and oxygen atoms in total. The summed E-state index contributed by atoms with van der Waals surface area (Å²) in [4.78, 5) is 8.58. The number of hydrogen-bond donors (Lipinski definition) is 1. The van der Waals surface area contributed by atoms with Gasteiger partial charge in [0.1, 0.15) is 24.1 Å². The highest BCUT2D eigenvalue weighted by atomic mass is 16.6. The van der Waals surface area contributed by atoms with E-state index < -0.39 is 0 Å². The van der Waals surface area contributed by atoms with E-state index in [-0.39, 0.29) is 30.4 Å². The number of methoxy groups -OCH3 is 2. The van der Waals surface area contributed by atoms with Crippen LogP contribution in [-0.4, -0.2) is 81.6 Å². The lowest BCUT2D eigenvalue weighted by Gasteiger charge is -2.42. The molecule has 0 saturated carbocycles. The second-order valence-corrected chi connectivity index (χ2v) is 8.21. The maximum atomic E-state index is 6.39. The van der Waals surface area contributed by atoms with Crippen molar-refractivity contribution in [1.29, 1.82) is 0 Å². The third kappa shape index (κ3) is 9.23. The summed E-state index contributed by atoms with van der Waals surface area (Å²) >= 11 is 0. The molecular formula is C24H43N3O6. The molecule has 0 unspecified atom stereocenters. The van der Waals surface area contributed by atoms with Gasteiger partial charge in [-0.3, -0.25) is 0 Å². The SMILES string of the molecule is CCCCOC[C@H]1OC[C@H](Nc2cc(OC)nc(OC)n2)[C@@H](OCCCC)[C@H]1OCCCC. The summed E-state index contributed by atoms with van der Waals surface area (Å²) in [5, 5.41) is 3.44. The second kappa shape index (κ2) is 16.0. The number of aromatic nitrogens is 2. The van der Waals surface area contributed by atoms with E-state index in [2.05, 4.69) is 36.1 Å². The summed E-state index contributed by atoms with van der Waals surface area (Å²) in [5.41, 5.74) is 0. The van der Waals surface area contributed by atoms with Crippen LogP contribution in [-0.2, 0) is 18.9 Å². The van der Waals surface area contributed by atoms with Gasteiger partial charge in [0.15, 0.2) is 0 Å². The van der Waals surface area contributed by atoms with Crippen molar-refractivity contribution in [2.45, 2.75) is 83.6 Å². The number of anilines is 1. The van der Waals surface area contributed by atoms with Gasteiger partial charge in [0.05, 0.1) is 33.5 Å². The van der Waals surface area contributed by atoms with Crippen LogP contribution in [0.2, 0.25) is 0 Å². The summed E-state index contributed by atoms with van der Waals surface area (Å²) in [6.07, 6.45) is 5.59. The first-order valence-corrected chi connectivity index (χ1v) is 12.3. The molecule has 2 rings (SSSR count). The molecule has 1 aromatic heterocycles. The molecule has 0 bridgehead atoms. The van der Waals surface area contributed by atoms with Crippen LogP contribution in [0, 0.1) is 0 Å². The lowest BCUT2D eigenvalue weighted by Crippen LogP contribution is -2.59. The number of rotatable bonds is 17. The summed E-state index contributed by atoms with van der Waals surface area (Å²) in [5.74, 6) is 1.00. The van der Waals surface area contributed by atoms with Crippen molar-refractivity contribution in [3.05, 3.63) is 6.07 Å². The van der Waals surface area contributed by atoms with Crippen LogP contribution in [0.5, 0.6) is 11.9 Å². The molecule has 1 N–H and O–H groups in total. The van der Waals surface area contributed by atoms with Crippen LogP contribution in [0.4, 0.5) is 5.82 Å². The van der Waals surface area contributed by atoms with Gasteiger partial charge in [-0.05, 0) is 19.3 Å². The van der Waals surface area contributed by atoms with Gasteiger partial charge < -0.3 is 33.7 Å². The van der Waals surface area contributed by atoms with Crippen LogP contribution in [0.25, 0.3) is 0 Å². The van der Waals surface area contributed by atoms with Crippen LogP contribution in [0.1, 0.15) is 59.3 Å². The number of hydrogen-bond acceptors (Lipinski definition) is 9. The molecule has 0 amide bonds. The van der Waals surface area contributed by atoms with Crippen LogP contribution in [0.15, 0.2) is 6.07 Å². The fourth-order valence-electron chi connectivity index (χ4n) is 3.57. The van der Waals surface area contributed by atoms with Crippen LogP contribution in [0.3, 0.4) is 0 Å². The first kappa shape index (κ1) is 27.6. The summed E-state index contributed by atoms with van der Waals surface area (Å²) in [6.45, 7) is 9.44. The van der Waals surface area contributed by atoms with Gasteiger partial charge in [-0.15, -0.1) is 0 Å².